The van der Waals surface area contributed by atoms with E-state index in [2.05, 4.69) is 0 Å². The standard InChI is InChI=1S/C2H3NO3S2/c3-1-2-7-8(4,5)6/h2H2,(H,4,5,6). The molecular formula is C2H3NO3S2. The second kappa shape index (κ2) is 2.91. The fourth-order valence-electron chi connectivity index (χ4n) is 0.101. The van der Waals surface area contributed by atoms with E-state index in [0.29, 0.717) is 0 Å². The molecule has 6 heteroatoms. The molecule has 0 saturated carbocycles. The summed E-state index contributed by atoms with van der Waals surface area (Å²) in [5.74, 6) is -0.237. The van der Waals surface area contributed by atoms with Crippen LogP contribution in [0.5, 0.6) is 0 Å². The molecule has 0 aliphatic rings. The van der Waals surface area contributed by atoms with Crippen molar-refractivity contribution in [1.82, 2.24) is 0 Å². The maximum atomic E-state index is 9.76. The van der Waals surface area contributed by atoms with Crippen molar-refractivity contribution in [1.29, 1.82) is 5.26 Å². The van der Waals surface area contributed by atoms with E-state index in [1.165, 1.54) is 0 Å². The van der Waals surface area contributed by atoms with Crippen LogP contribution >= 0.6 is 10.8 Å². The van der Waals surface area contributed by atoms with Gasteiger partial charge in [-0.1, -0.05) is 0 Å². The molecule has 0 aromatic carbocycles. The van der Waals surface area contributed by atoms with Crippen LogP contribution in [0, 0.1) is 11.3 Å². The van der Waals surface area contributed by atoms with Gasteiger partial charge in [-0.05, 0) is 0 Å². The molecule has 0 aromatic heterocycles. The van der Waals surface area contributed by atoms with Gasteiger partial charge in [0.05, 0.1) is 11.8 Å². The van der Waals surface area contributed by atoms with Crippen LogP contribution in [0.4, 0.5) is 0 Å². The maximum absolute atomic E-state index is 9.76. The van der Waals surface area contributed by atoms with E-state index < -0.39 is 9.15 Å². The van der Waals surface area contributed by atoms with Crippen LogP contribution < -0.4 is 0 Å². The summed E-state index contributed by atoms with van der Waals surface area (Å²) < 4.78 is 27.4. The molecule has 0 atom stereocenters. The highest BCUT2D eigenvalue weighted by molar-refractivity contribution is 8.70. The van der Waals surface area contributed by atoms with Crippen molar-refractivity contribution in [3.63, 3.8) is 0 Å². The van der Waals surface area contributed by atoms with Gasteiger partial charge >= 0.3 is 9.15 Å². The van der Waals surface area contributed by atoms with Crippen molar-refractivity contribution >= 4 is 19.9 Å². The largest absolute Gasteiger partial charge is 0.320 e. The summed E-state index contributed by atoms with van der Waals surface area (Å²) >= 11 is 0. The lowest BCUT2D eigenvalue weighted by Crippen LogP contribution is -1.89. The van der Waals surface area contributed by atoms with E-state index in [4.69, 9.17) is 9.81 Å². The molecule has 4 nitrogen and oxygen atoms in total. The highest BCUT2D eigenvalue weighted by Gasteiger charge is 2.01. The molecule has 0 rings (SSSR count). The van der Waals surface area contributed by atoms with Crippen LogP contribution in [0.1, 0.15) is 0 Å². The average Bonchev–Trinajstić information content (AvgIpc) is 1.59. The second-order valence-electron chi connectivity index (χ2n) is 0.848. The number of nitriles is 1. The minimum atomic E-state index is -3.99. The molecule has 0 unspecified atom stereocenters. The predicted octanol–water partition coefficient (Wildman–Crippen LogP) is 0.0460. The molecule has 0 fully saturated rings. The minimum Gasteiger partial charge on any atom is -0.277 e. The molecule has 46 valence electrons. The average molecular weight is 153 g/mol. The van der Waals surface area contributed by atoms with Gasteiger partial charge in [-0.25, -0.2) is 0 Å². The Morgan fingerprint density at radius 3 is 2.38 bits per heavy atom. The Hall–Kier alpha value is -0.250. The molecule has 0 heterocycles. The Bertz CT molecular complexity index is 188. The first-order chi connectivity index (χ1) is 3.56. The van der Waals surface area contributed by atoms with Crippen LogP contribution in [-0.4, -0.2) is 18.7 Å². The Morgan fingerprint density at radius 2 is 2.25 bits per heavy atom. The number of hydrogen-bond donors (Lipinski definition) is 1. The van der Waals surface area contributed by atoms with Gasteiger partial charge in [0.15, 0.2) is 0 Å². The smallest absolute Gasteiger partial charge is 0.277 e. The predicted molar refractivity (Wildman–Crippen MR) is 29.6 cm³/mol. The van der Waals surface area contributed by atoms with Gasteiger partial charge < -0.3 is 0 Å². The Kier molecular flexibility index (Phi) is 2.82. The lowest BCUT2D eigenvalue weighted by Gasteiger charge is -1.83. The van der Waals surface area contributed by atoms with Crippen molar-refractivity contribution in [2.45, 2.75) is 0 Å². The van der Waals surface area contributed by atoms with Crippen LogP contribution in [0.15, 0.2) is 0 Å². The van der Waals surface area contributed by atoms with Crippen molar-refractivity contribution in [3.05, 3.63) is 0 Å². The lowest BCUT2D eigenvalue weighted by molar-refractivity contribution is 0.503. The summed E-state index contributed by atoms with van der Waals surface area (Å²) in [5, 5.41) is 7.78. The fraction of sp³-hybridized carbons (Fsp3) is 0.500. The fourth-order valence-corrected chi connectivity index (χ4v) is 0.907. The molecule has 0 aromatic rings. The van der Waals surface area contributed by atoms with Gasteiger partial charge in [0.1, 0.15) is 0 Å². The number of rotatable bonds is 2. The summed E-state index contributed by atoms with van der Waals surface area (Å²) in [6.45, 7) is 0. The molecule has 0 radical (unpaired) electrons. The third-order valence-electron chi connectivity index (χ3n) is 0.272. The molecule has 0 aliphatic carbocycles. The summed E-state index contributed by atoms with van der Waals surface area (Å²) in [5.41, 5.74) is 0. The van der Waals surface area contributed by atoms with E-state index in [0.717, 1.165) is 0 Å². The van der Waals surface area contributed by atoms with E-state index in [1.807, 2.05) is 0 Å². The molecule has 1 N–H and O–H groups in total. The van der Waals surface area contributed by atoms with Gasteiger partial charge in [-0.3, -0.25) is 4.55 Å². The summed E-state index contributed by atoms with van der Waals surface area (Å²) in [6.07, 6.45) is 0. The zero-order valence-electron chi connectivity index (χ0n) is 3.73. The highest BCUT2D eigenvalue weighted by atomic mass is 33.1. The lowest BCUT2D eigenvalue weighted by atomic mass is 10.9. The molecule has 0 bridgehead atoms. The highest BCUT2D eigenvalue weighted by Crippen LogP contribution is 2.06. The summed E-state index contributed by atoms with van der Waals surface area (Å²) in [6, 6.07) is 1.55. The number of hydrogen-bond acceptors (Lipinski definition) is 4. The topological polar surface area (TPSA) is 78.2 Å². The van der Waals surface area contributed by atoms with Crippen LogP contribution in [-0.2, 0) is 9.15 Å². The van der Waals surface area contributed by atoms with Crippen molar-refractivity contribution in [2.75, 3.05) is 5.75 Å². The van der Waals surface area contributed by atoms with Crippen LogP contribution in [0.25, 0.3) is 0 Å². The summed E-state index contributed by atoms with van der Waals surface area (Å²) in [4.78, 5) is 0. The van der Waals surface area contributed by atoms with Crippen LogP contribution in [0.2, 0.25) is 0 Å². The SMILES string of the molecule is N#CCSS(=O)(=O)O. The van der Waals surface area contributed by atoms with Gasteiger partial charge in [0.25, 0.3) is 0 Å². The van der Waals surface area contributed by atoms with Gasteiger partial charge in [0, 0.05) is 10.8 Å². The monoisotopic (exact) mass is 153 g/mol. The Morgan fingerprint density at radius 1 is 1.75 bits per heavy atom. The molecule has 0 spiro atoms. The summed E-state index contributed by atoms with van der Waals surface area (Å²) in [7, 11) is -3.79. The normalized spacial score (nSPS) is 10.5. The van der Waals surface area contributed by atoms with E-state index in [1.54, 1.807) is 6.07 Å². The third kappa shape index (κ3) is 5.75. The van der Waals surface area contributed by atoms with Crippen molar-refractivity contribution in [3.8, 4) is 6.07 Å². The van der Waals surface area contributed by atoms with Gasteiger partial charge in [-0.2, -0.15) is 13.7 Å². The molecular weight excluding hydrogens is 150 g/mol. The Labute approximate surface area is 50.6 Å². The molecule has 0 amide bonds. The first-order valence-corrected chi connectivity index (χ1v) is 4.49. The van der Waals surface area contributed by atoms with Gasteiger partial charge in [0.2, 0.25) is 0 Å². The molecule has 8 heavy (non-hydrogen) atoms. The third-order valence-corrected chi connectivity index (χ3v) is 2.06. The molecule has 0 saturated heterocycles. The Balaban J connectivity index is 3.63. The quantitative estimate of drug-likeness (QED) is 0.448. The van der Waals surface area contributed by atoms with E-state index in [9.17, 15) is 8.42 Å². The maximum Gasteiger partial charge on any atom is 0.320 e. The van der Waals surface area contributed by atoms with E-state index in [-0.39, 0.29) is 16.5 Å². The minimum absolute atomic E-state index is 0.200. The zero-order valence-corrected chi connectivity index (χ0v) is 5.37. The first-order valence-electron chi connectivity index (χ1n) is 1.55. The van der Waals surface area contributed by atoms with Crippen molar-refractivity contribution in [2.24, 2.45) is 0 Å². The van der Waals surface area contributed by atoms with Gasteiger partial charge in [-0.15, -0.1) is 0 Å². The van der Waals surface area contributed by atoms with E-state index >= 15 is 0 Å². The number of nitrogens with zero attached hydrogens (tertiary/aromatic N) is 1. The zero-order chi connectivity index (χ0) is 6.62. The second-order valence-corrected chi connectivity index (χ2v) is 4.20. The first kappa shape index (κ1) is 7.75. The van der Waals surface area contributed by atoms with Crippen molar-refractivity contribution < 1.29 is 13.0 Å². The van der Waals surface area contributed by atoms with Crippen LogP contribution in [0.3, 0.4) is 0 Å². The molecule has 0 aliphatic heterocycles.